The summed E-state index contributed by atoms with van der Waals surface area (Å²) in [5, 5.41) is 0.238. The van der Waals surface area contributed by atoms with E-state index < -0.39 is 22.4 Å². The van der Waals surface area contributed by atoms with Crippen molar-refractivity contribution in [2.75, 3.05) is 38.2 Å². The highest BCUT2D eigenvalue weighted by Gasteiger charge is 2.33. The minimum absolute atomic E-state index is 0.0608. The highest BCUT2D eigenvalue weighted by atomic mass is 32.2. The summed E-state index contributed by atoms with van der Waals surface area (Å²) in [4.78, 5) is 14.1. The van der Waals surface area contributed by atoms with Crippen LogP contribution < -0.4 is 9.64 Å². The van der Waals surface area contributed by atoms with E-state index in [2.05, 4.69) is 38.9 Å². The molecule has 1 aliphatic carbocycles. The van der Waals surface area contributed by atoms with E-state index in [1.807, 2.05) is 19.9 Å². The molecule has 2 fully saturated rings. The number of ether oxygens (including phenoxy) is 1. The lowest BCUT2D eigenvalue weighted by Gasteiger charge is -2.34. The first-order valence-corrected chi connectivity index (χ1v) is 15.5. The highest BCUT2D eigenvalue weighted by molar-refractivity contribution is 7.86. The summed E-state index contributed by atoms with van der Waals surface area (Å²) < 4.78 is 49.1. The molecule has 2 aliphatic heterocycles. The van der Waals surface area contributed by atoms with Gasteiger partial charge in [0.15, 0.2) is 17.4 Å². The predicted molar refractivity (Wildman–Crippen MR) is 154 cm³/mol. The summed E-state index contributed by atoms with van der Waals surface area (Å²) in [6.07, 6.45) is 5.65. The lowest BCUT2D eigenvalue weighted by Crippen LogP contribution is -2.38. The lowest BCUT2D eigenvalue weighted by atomic mass is 9.89. The summed E-state index contributed by atoms with van der Waals surface area (Å²) >= 11 is 0. The van der Waals surface area contributed by atoms with Crippen molar-refractivity contribution in [1.82, 2.24) is 14.9 Å². The fourth-order valence-electron chi connectivity index (χ4n) is 5.83. The summed E-state index contributed by atoms with van der Waals surface area (Å²) in [5.41, 5.74) is 3.15. The van der Waals surface area contributed by atoms with Gasteiger partial charge >= 0.3 is 0 Å². The minimum Gasteiger partial charge on any atom is -0.486 e. The number of aromatic nitrogens is 2. The second-order valence-electron chi connectivity index (χ2n) is 11.5. The van der Waals surface area contributed by atoms with E-state index in [1.165, 1.54) is 11.6 Å². The summed E-state index contributed by atoms with van der Waals surface area (Å²) in [7, 11) is 1.11. The standard InChI is InChI=1S/C31H36F2N4O2S/c1-19(2)37-12-13-39-31-25(32)16-22(17-27(31)37)30-26(33)18-34-29(35-30)15-20-4-7-24(21-8-10-36(3)11-9-21)28(14-20)40(38)23-5-6-23/h4,7,14,16-19,21,23H,5-6,8-13,15H2,1-3H3. The zero-order chi connectivity index (χ0) is 28.0. The average Bonchev–Trinajstić information content (AvgIpc) is 3.79. The summed E-state index contributed by atoms with van der Waals surface area (Å²) in [6, 6.07) is 9.40. The summed E-state index contributed by atoms with van der Waals surface area (Å²) in [5.74, 6) is -0.107. The Morgan fingerprint density at radius 3 is 2.55 bits per heavy atom. The maximum absolute atomic E-state index is 15.1. The number of anilines is 1. The van der Waals surface area contributed by atoms with Gasteiger partial charge in [-0.05, 0) is 94.9 Å². The molecule has 1 aromatic heterocycles. The van der Waals surface area contributed by atoms with E-state index in [9.17, 15) is 4.21 Å². The Labute approximate surface area is 237 Å². The van der Waals surface area contributed by atoms with E-state index in [1.54, 1.807) is 6.07 Å². The SMILES string of the molecule is CC(C)N1CCOc2c(F)cc(-c3nc(Cc4ccc(C5CCN(C)CC5)c(S(=O)C5CC5)c4)ncc3F)cc21. The Morgan fingerprint density at radius 2 is 1.82 bits per heavy atom. The number of fused-ring (bicyclic) bond motifs is 1. The third-order valence-corrected chi connectivity index (χ3v) is 10.1. The van der Waals surface area contributed by atoms with Crippen molar-refractivity contribution in [2.24, 2.45) is 0 Å². The Kier molecular flexibility index (Phi) is 7.61. The molecule has 2 aromatic carbocycles. The van der Waals surface area contributed by atoms with Crippen LogP contribution in [0.5, 0.6) is 5.75 Å². The molecular weight excluding hydrogens is 530 g/mol. The normalized spacial score (nSPS) is 19.0. The Hall–Kier alpha value is -2.91. The van der Waals surface area contributed by atoms with Gasteiger partial charge in [-0.2, -0.15) is 0 Å². The number of halogens is 2. The van der Waals surface area contributed by atoms with E-state index >= 15 is 8.78 Å². The third kappa shape index (κ3) is 5.50. The molecule has 6 rings (SSSR count). The lowest BCUT2D eigenvalue weighted by molar-refractivity contribution is 0.254. The number of nitrogens with zero attached hydrogens (tertiary/aromatic N) is 4. The zero-order valence-corrected chi connectivity index (χ0v) is 24.1. The van der Waals surface area contributed by atoms with Crippen molar-refractivity contribution in [1.29, 1.82) is 0 Å². The Bertz CT molecular complexity index is 1440. The quantitative estimate of drug-likeness (QED) is 0.366. The number of rotatable bonds is 7. The largest absolute Gasteiger partial charge is 0.486 e. The predicted octanol–water partition coefficient (Wildman–Crippen LogP) is 5.70. The van der Waals surface area contributed by atoms with E-state index in [0.29, 0.717) is 42.6 Å². The first kappa shape index (κ1) is 27.3. The fourth-order valence-corrected chi connectivity index (χ4v) is 7.49. The van der Waals surface area contributed by atoms with Crippen LogP contribution in [0.4, 0.5) is 14.5 Å². The molecule has 1 saturated heterocycles. The van der Waals surface area contributed by atoms with Gasteiger partial charge in [0.1, 0.15) is 18.1 Å². The average molecular weight is 567 g/mol. The van der Waals surface area contributed by atoms with Gasteiger partial charge in [0.05, 0.1) is 29.2 Å². The molecule has 3 aliphatic rings. The molecule has 3 aromatic rings. The van der Waals surface area contributed by atoms with Crippen molar-refractivity contribution in [2.45, 2.75) is 68.1 Å². The maximum atomic E-state index is 15.1. The van der Waals surface area contributed by atoms with Gasteiger partial charge in [-0.25, -0.2) is 18.7 Å². The van der Waals surface area contributed by atoms with Crippen molar-refractivity contribution >= 4 is 16.5 Å². The first-order valence-electron chi connectivity index (χ1n) is 14.2. The molecule has 40 heavy (non-hydrogen) atoms. The van der Waals surface area contributed by atoms with Crippen LogP contribution in [0.2, 0.25) is 0 Å². The minimum atomic E-state index is -1.04. The molecule has 1 unspecified atom stereocenters. The smallest absolute Gasteiger partial charge is 0.178 e. The van der Waals surface area contributed by atoms with Crippen LogP contribution in [0.15, 0.2) is 41.4 Å². The zero-order valence-electron chi connectivity index (χ0n) is 23.3. The van der Waals surface area contributed by atoms with Gasteiger partial charge in [-0.3, -0.25) is 4.21 Å². The van der Waals surface area contributed by atoms with Gasteiger partial charge in [-0.1, -0.05) is 12.1 Å². The van der Waals surface area contributed by atoms with Crippen LogP contribution in [0.25, 0.3) is 11.3 Å². The molecule has 0 N–H and O–H groups in total. The number of hydrogen-bond donors (Lipinski definition) is 0. The number of hydrogen-bond acceptors (Lipinski definition) is 6. The molecule has 6 nitrogen and oxygen atoms in total. The maximum Gasteiger partial charge on any atom is 0.178 e. The van der Waals surface area contributed by atoms with Crippen LogP contribution in [0.1, 0.15) is 62.4 Å². The number of piperidine rings is 1. The van der Waals surface area contributed by atoms with Crippen molar-refractivity contribution in [3.63, 3.8) is 0 Å². The van der Waals surface area contributed by atoms with E-state index in [0.717, 1.165) is 55.4 Å². The van der Waals surface area contributed by atoms with Gasteiger partial charge in [-0.15, -0.1) is 0 Å². The van der Waals surface area contributed by atoms with Gasteiger partial charge in [0.2, 0.25) is 0 Å². The molecule has 9 heteroatoms. The molecule has 1 atom stereocenters. The Balaban J connectivity index is 1.31. The Morgan fingerprint density at radius 1 is 1.05 bits per heavy atom. The molecule has 0 spiro atoms. The van der Waals surface area contributed by atoms with Crippen LogP contribution in [-0.4, -0.2) is 63.7 Å². The van der Waals surface area contributed by atoms with Crippen molar-refractivity contribution in [3.05, 3.63) is 65.1 Å². The monoisotopic (exact) mass is 566 g/mol. The number of benzene rings is 2. The second-order valence-corrected chi connectivity index (χ2v) is 13.2. The van der Waals surface area contributed by atoms with E-state index in [4.69, 9.17) is 4.74 Å². The van der Waals surface area contributed by atoms with Crippen LogP contribution in [-0.2, 0) is 17.2 Å². The van der Waals surface area contributed by atoms with Crippen molar-refractivity contribution < 1.29 is 17.7 Å². The summed E-state index contributed by atoms with van der Waals surface area (Å²) in [6.45, 7) is 7.18. The number of likely N-dealkylation sites (tertiary alicyclic amines) is 1. The van der Waals surface area contributed by atoms with E-state index in [-0.39, 0.29) is 22.7 Å². The molecule has 3 heterocycles. The molecule has 0 radical (unpaired) electrons. The second kappa shape index (κ2) is 11.2. The molecule has 212 valence electrons. The first-order chi connectivity index (χ1) is 19.3. The fraction of sp³-hybridized carbons (Fsp3) is 0.484. The van der Waals surface area contributed by atoms with Gasteiger partial charge < -0.3 is 14.5 Å². The molecule has 0 bridgehead atoms. The topological polar surface area (TPSA) is 58.6 Å². The molecular formula is C31H36F2N4O2S. The van der Waals surface area contributed by atoms with Crippen LogP contribution in [0.3, 0.4) is 0 Å². The third-order valence-electron chi connectivity index (χ3n) is 8.25. The molecule has 0 amide bonds. The van der Waals surface area contributed by atoms with Crippen molar-refractivity contribution in [3.8, 4) is 17.0 Å². The van der Waals surface area contributed by atoms with Gasteiger partial charge in [0.25, 0.3) is 0 Å². The van der Waals surface area contributed by atoms with Gasteiger partial charge in [0, 0.05) is 28.2 Å². The van der Waals surface area contributed by atoms with Crippen LogP contribution >= 0.6 is 0 Å². The van der Waals surface area contributed by atoms with Crippen LogP contribution in [0, 0.1) is 11.6 Å². The molecule has 1 saturated carbocycles. The highest BCUT2D eigenvalue weighted by Crippen LogP contribution is 2.40.